The molecule has 4 heteroatoms. The minimum Gasteiger partial charge on any atom is -0.379 e. The summed E-state index contributed by atoms with van der Waals surface area (Å²) in [7, 11) is 0. The third-order valence-electron chi connectivity index (χ3n) is 2.29. The van der Waals surface area contributed by atoms with Crippen molar-refractivity contribution in [3.8, 4) is 0 Å². The maximum absolute atomic E-state index is 13.2. The van der Waals surface area contributed by atoms with E-state index in [1.54, 1.807) is 19.2 Å². The highest BCUT2D eigenvalue weighted by molar-refractivity contribution is 5.45. The molecular weight excluding hydrogens is 205 g/mol. The van der Waals surface area contributed by atoms with Crippen LogP contribution >= 0.6 is 0 Å². The predicted octanol–water partition coefficient (Wildman–Crippen LogP) is 2.54. The Balaban J connectivity index is 2.03. The van der Waals surface area contributed by atoms with Crippen molar-refractivity contribution in [2.24, 2.45) is 0 Å². The van der Waals surface area contributed by atoms with Gasteiger partial charge in [0.1, 0.15) is 12.1 Å². The van der Waals surface area contributed by atoms with Gasteiger partial charge in [-0.3, -0.25) is 0 Å². The number of nitrogens with zero attached hydrogens (tertiary/aromatic N) is 2. The van der Waals surface area contributed by atoms with Gasteiger partial charge in [0.05, 0.1) is 12.2 Å². The third kappa shape index (κ3) is 2.53. The van der Waals surface area contributed by atoms with Gasteiger partial charge >= 0.3 is 0 Å². The molecule has 0 unspecified atom stereocenters. The van der Waals surface area contributed by atoms with Crippen LogP contribution in [0.4, 0.5) is 10.1 Å². The number of benzene rings is 1. The number of rotatable bonds is 3. The molecule has 0 aliphatic rings. The Morgan fingerprint density at radius 1 is 1.31 bits per heavy atom. The molecule has 0 bridgehead atoms. The molecule has 0 atom stereocenters. The van der Waals surface area contributed by atoms with Gasteiger partial charge in [-0.15, -0.1) is 0 Å². The van der Waals surface area contributed by atoms with Gasteiger partial charge in [0, 0.05) is 11.9 Å². The number of hydrogen-bond acceptors (Lipinski definition) is 3. The zero-order valence-electron chi connectivity index (χ0n) is 8.94. The van der Waals surface area contributed by atoms with Crippen LogP contribution in [0, 0.1) is 12.7 Å². The van der Waals surface area contributed by atoms with Crippen molar-refractivity contribution < 1.29 is 4.39 Å². The van der Waals surface area contributed by atoms with Crippen molar-refractivity contribution in [3.05, 3.63) is 53.9 Å². The van der Waals surface area contributed by atoms with Crippen LogP contribution in [-0.2, 0) is 6.54 Å². The van der Waals surface area contributed by atoms with E-state index < -0.39 is 0 Å². The molecule has 0 saturated heterocycles. The summed E-state index contributed by atoms with van der Waals surface area (Å²) in [5.41, 5.74) is 2.27. The second kappa shape index (κ2) is 4.70. The number of aryl methyl sites for hydroxylation is 1. The van der Waals surface area contributed by atoms with Crippen LogP contribution in [0.2, 0.25) is 0 Å². The van der Waals surface area contributed by atoms with Crippen molar-refractivity contribution >= 4 is 5.69 Å². The van der Waals surface area contributed by atoms with Gasteiger partial charge in [-0.1, -0.05) is 6.07 Å². The maximum Gasteiger partial charge on any atom is 0.128 e. The number of hydrogen-bond donors (Lipinski definition) is 1. The number of halogens is 1. The van der Waals surface area contributed by atoms with E-state index >= 15 is 0 Å². The van der Waals surface area contributed by atoms with Crippen LogP contribution < -0.4 is 5.32 Å². The van der Waals surface area contributed by atoms with E-state index in [0.717, 1.165) is 11.4 Å². The molecule has 0 radical (unpaired) electrons. The largest absolute Gasteiger partial charge is 0.379 e. The van der Waals surface area contributed by atoms with E-state index in [-0.39, 0.29) is 5.82 Å². The summed E-state index contributed by atoms with van der Waals surface area (Å²) in [6, 6.07) is 6.89. The van der Waals surface area contributed by atoms with E-state index in [9.17, 15) is 4.39 Å². The van der Waals surface area contributed by atoms with E-state index in [0.29, 0.717) is 12.1 Å². The number of nitrogens with one attached hydrogen (secondary N) is 1. The monoisotopic (exact) mass is 217 g/mol. The Morgan fingerprint density at radius 2 is 2.19 bits per heavy atom. The lowest BCUT2D eigenvalue weighted by atomic mass is 10.2. The molecule has 3 nitrogen and oxygen atoms in total. The van der Waals surface area contributed by atoms with Gasteiger partial charge in [-0.05, 0) is 30.7 Å². The first-order valence-electron chi connectivity index (χ1n) is 5.00. The highest BCUT2D eigenvalue weighted by Gasteiger charge is 1.99. The summed E-state index contributed by atoms with van der Waals surface area (Å²) >= 11 is 0. The second-order valence-electron chi connectivity index (χ2n) is 3.52. The minimum absolute atomic E-state index is 0.201. The van der Waals surface area contributed by atoms with Crippen LogP contribution in [0.15, 0.2) is 36.8 Å². The van der Waals surface area contributed by atoms with Gasteiger partial charge in [0.25, 0.3) is 0 Å². The molecule has 0 aliphatic heterocycles. The standard InChI is InChI=1S/C12H12FN3/c1-9-2-3-10(6-12(9)13)15-7-11-4-5-14-8-16-11/h2-6,8,15H,7H2,1H3. The fourth-order valence-corrected chi connectivity index (χ4v) is 1.32. The lowest BCUT2D eigenvalue weighted by Crippen LogP contribution is -2.02. The fraction of sp³-hybridized carbons (Fsp3) is 0.167. The average Bonchev–Trinajstić information content (AvgIpc) is 2.32. The summed E-state index contributed by atoms with van der Waals surface area (Å²) < 4.78 is 13.2. The molecule has 2 rings (SSSR count). The molecule has 0 saturated carbocycles. The SMILES string of the molecule is Cc1ccc(NCc2ccncn2)cc1F. The van der Waals surface area contributed by atoms with Gasteiger partial charge in [0.15, 0.2) is 0 Å². The first-order valence-corrected chi connectivity index (χ1v) is 5.00. The molecule has 0 aliphatic carbocycles. The summed E-state index contributed by atoms with van der Waals surface area (Å²) in [6.45, 7) is 2.30. The number of aromatic nitrogens is 2. The summed E-state index contributed by atoms with van der Waals surface area (Å²) in [5.74, 6) is -0.201. The molecule has 0 spiro atoms. The van der Waals surface area contributed by atoms with Crippen molar-refractivity contribution in [1.29, 1.82) is 0 Å². The van der Waals surface area contributed by atoms with E-state index in [4.69, 9.17) is 0 Å². The molecule has 82 valence electrons. The summed E-state index contributed by atoms with van der Waals surface area (Å²) in [6.07, 6.45) is 3.17. The molecule has 0 fully saturated rings. The Morgan fingerprint density at radius 3 is 2.88 bits per heavy atom. The Kier molecular flexibility index (Phi) is 3.10. The first-order chi connectivity index (χ1) is 7.75. The Hall–Kier alpha value is -1.97. The maximum atomic E-state index is 13.2. The smallest absolute Gasteiger partial charge is 0.128 e. The average molecular weight is 217 g/mol. The van der Waals surface area contributed by atoms with Crippen LogP contribution in [0.1, 0.15) is 11.3 Å². The Labute approximate surface area is 93.4 Å². The normalized spacial score (nSPS) is 10.1. The molecule has 0 amide bonds. The molecule has 1 N–H and O–H groups in total. The van der Waals surface area contributed by atoms with Crippen molar-refractivity contribution in [1.82, 2.24) is 9.97 Å². The summed E-state index contributed by atoms with van der Waals surface area (Å²) in [5, 5.41) is 3.10. The van der Waals surface area contributed by atoms with Gasteiger partial charge in [-0.25, -0.2) is 14.4 Å². The van der Waals surface area contributed by atoms with Crippen LogP contribution in [0.25, 0.3) is 0 Å². The van der Waals surface area contributed by atoms with E-state index in [1.165, 1.54) is 12.4 Å². The minimum atomic E-state index is -0.201. The number of anilines is 1. The lowest BCUT2D eigenvalue weighted by Gasteiger charge is -2.06. The Bertz CT molecular complexity index is 471. The van der Waals surface area contributed by atoms with Gasteiger partial charge in [-0.2, -0.15) is 0 Å². The molecule has 16 heavy (non-hydrogen) atoms. The third-order valence-corrected chi connectivity index (χ3v) is 2.29. The molecule has 1 heterocycles. The van der Waals surface area contributed by atoms with Crippen molar-refractivity contribution in [3.63, 3.8) is 0 Å². The molecule has 1 aromatic heterocycles. The van der Waals surface area contributed by atoms with Gasteiger partial charge < -0.3 is 5.32 Å². The van der Waals surface area contributed by atoms with Crippen LogP contribution in [-0.4, -0.2) is 9.97 Å². The highest BCUT2D eigenvalue weighted by Crippen LogP contribution is 2.13. The van der Waals surface area contributed by atoms with E-state index in [2.05, 4.69) is 15.3 Å². The first kappa shape index (κ1) is 10.5. The fourth-order valence-electron chi connectivity index (χ4n) is 1.32. The zero-order chi connectivity index (χ0) is 11.4. The molecule has 1 aromatic carbocycles. The molecular formula is C12H12FN3. The van der Waals surface area contributed by atoms with Crippen LogP contribution in [0.5, 0.6) is 0 Å². The van der Waals surface area contributed by atoms with Crippen molar-refractivity contribution in [2.45, 2.75) is 13.5 Å². The second-order valence-corrected chi connectivity index (χ2v) is 3.52. The topological polar surface area (TPSA) is 37.8 Å². The molecule has 2 aromatic rings. The van der Waals surface area contributed by atoms with E-state index in [1.807, 2.05) is 12.1 Å². The van der Waals surface area contributed by atoms with Gasteiger partial charge in [0.2, 0.25) is 0 Å². The zero-order valence-corrected chi connectivity index (χ0v) is 8.94. The lowest BCUT2D eigenvalue weighted by molar-refractivity contribution is 0.619. The van der Waals surface area contributed by atoms with Crippen molar-refractivity contribution in [2.75, 3.05) is 5.32 Å². The highest BCUT2D eigenvalue weighted by atomic mass is 19.1. The predicted molar refractivity (Wildman–Crippen MR) is 60.5 cm³/mol. The van der Waals surface area contributed by atoms with Crippen LogP contribution in [0.3, 0.4) is 0 Å². The quantitative estimate of drug-likeness (QED) is 0.858. The summed E-state index contributed by atoms with van der Waals surface area (Å²) in [4.78, 5) is 7.89.